The van der Waals surface area contributed by atoms with Crippen molar-refractivity contribution in [2.24, 2.45) is 5.84 Å². The quantitative estimate of drug-likeness (QED) is 0.643. The van der Waals surface area contributed by atoms with E-state index >= 15 is 0 Å². The minimum absolute atomic E-state index is 0.695. The number of aryl methyl sites for hydroxylation is 1. The van der Waals surface area contributed by atoms with Gasteiger partial charge in [0.2, 0.25) is 0 Å². The Labute approximate surface area is 110 Å². The molecule has 1 aromatic heterocycles. The first-order valence-corrected chi connectivity index (χ1v) is 6.28. The lowest BCUT2D eigenvalue weighted by Crippen LogP contribution is -2.12. The van der Waals surface area contributed by atoms with Crippen LogP contribution in [0.5, 0.6) is 0 Å². The van der Waals surface area contributed by atoms with E-state index in [0.717, 1.165) is 41.9 Å². The van der Waals surface area contributed by atoms with E-state index < -0.39 is 0 Å². The minimum atomic E-state index is 0.695. The Kier molecular flexibility index (Phi) is 2.89. The molecule has 0 bridgehead atoms. The molecule has 3 N–H and O–H groups in total. The van der Waals surface area contributed by atoms with Crippen LogP contribution < -0.4 is 11.3 Å². The highest BCUT2D eigenvalue weighted by atomic mass is 35.5. The van der Waals surface area contributed by atoms with E-state index in [1.807, 2.05) is 24.3 Å². The van der Waals surface area contributed by atoms with E-state index in [1.165, 1.54) is 0 Å². The highest BCUT2D eigenvalue weighted by Gasteiger charge is 2.19. The molecule has 0 aliphatic heterocycles. The van der Waals surface area contributed by atoms with Gasteiger partial charge in [0.15, 0.2) is 5.82 Å². The fourth-order valence-corrected chi connectivity index (χ4v) is 2.41. The predicted octanol–water partition coefficient (Wildman–Crippen LogP) is 2.57. The van der Waals surface area contributed by atoms with Gasteiger partial charge in [0.05, 0.1) is 0 Å². The molecular formula is C13H13ClN4. The second kappa shape index (κ2) is 4.55. The number of fused-ring (bicyclic) bond motifs is 1. The maximum absolute atomic E-state index is 5.88. The zero-order chi connectivity index (χ0) is 12.5. The van der Waals surface area contributed by atoms with Gasteiger partial charge in [-0.05, 0) is 43.5 Å². The van der Waals surface area contributed by atoms with Crippen LogP contribution in [-0.2, 0) is 12.8 Å². The van der Waals surface area contributed by atoms with Gasteiger partial charge in [-0.2, -0.15) is 0 Å². The van der Waals surface area contributed by atoms with Gasteiger partial charge in [0, 0.05) is 21.8 Å². The molecule has 0 atom stereocenters. The van der Waals surface area contributed by atoms with Gasteiger partial charge in [-0.15, -0.1) is 0 Å². The van der Waals surface area contributed by atoms with Crippen LogP contribution in [0.4, 0.5) is 5.82 Å². The smallest absolute Gasteiger partial charge is 0.161 e. The molecule has 0 spiro atoms. The van der Waals surface area contributed by atoms with Crippen molar-refractivity contribution in [2.45, 2.75) is 19.3 Å². The van der Waals surface area contributed by atoms with Crippen LogP contribution in [0.25, 0.3) is 11.4 Å². The molecule has 0 amide bonds. The highest BCUT2D eigenvalue weighted by molar-refractivity contribution is 6.30. The Morgan fingerprint density at radius 3 is 2.61 bits per heavy atom. The van der Waals surface area contributed by atoms with Gasteiger partial charge in [0.25, 0.3) is 0 Å². The van der Waals surface area contributed by atoms with Crippen LogP contribution in [0.3, 0.4) is 0 Å². The monoisotopic (exact) mass is 260 g/mol. The van der Waals surface area contributed by atoms with Crippen molar-refractivity contribution in [3.63, 3.8) is 0 Å². The number of benzene rings is 1. The van der Waals surface area contributed by atoms with Crippen LogP contribution >= 0.6 is 11.6 Å². The SMILES string of the molecule is NNc1nc(-c2ccc(Cl)cc2)nc2c1CCC2. The molecule has 5 heteroatoms. The predicted molar refractivity (Wildman–Crippen MR) is 72.3 cm³/mol. The molecule has 0 saturated heterocycles. The number of aromatic nitrogens is 2. The molecule has 1 aromatic carbocycles. The largest absolute Gasteiger partial charge is 0.308 e. The summed E-state index contributed by atoms with van der Waals surface area (Å²) >= 11 is 5.88. The van der Waals surface area contributed by atoms with E-state index in [1.54, 1.807) is 0 Å². The lowest BCUT2D eigenvalue weighted by atomic mass is 10.2. The van der Waals surface area contributed by atoms with Gasteiger partial charge in [-0.3, -0.25) is 0 Å². The fraction of sp³-hybridized carbons (Fsp3) is 0.231. The number of nitrogen functional groups attached to an aromatic ring is 1. The van der Waals surface area contributed by atoms with Gasteiger partial charge >= 0.3 is 0 Å². The first-order valence-electron chi connectivity index (χ1n) is 5.90. The summed E-state index contributed by atoms with van der Waals surface area (Å²) in [6.45, 7) is 0. The second-order valence-corrected chi connectivity index (χ2v) is 4.76. The Bertz CT molecular complexity index is 580. The summed E-state index contributed by atoms with van der Waals surface area (Å²) < 4.78 is 0. The number of nitrogens with zero attached hydrogens (tertiary/aromatic N) is 2. The van der Waals surface area contributed by atoms with Gasteiger partial charge < -0.3 is 5.43 Å². The summed E-state index contributed by atoms with van der Waals surface area (Å²) in [6.07, 6.45) is 3.10. The summed E-state index contributed by atoms with van der Waals surface area (Å²) in [5.41, 5.74) is 5.87. The number of rotatable bonds is 2. The Morgan fingerprint density at radius 1 is 1.11 bits per heavy atom. The van der Waals surface area contributed by atoms with Crippen LogP contribution in [0.2, 0.25) is 5.02 Å². The van der Waals surface area contributed by atoms with Crippen molar-refractivity contribution in [2.75, 3.05) is 5.43 Å². The first kappa shape index (κ1) is 11.4. The summed E-state index contributed by atoms with van der Waals surface area (Å²) in [7, 11) is 0. The van der Waals surface area contributed by atoms with Crippen LogP contribution in [-0.4, -0.2) is 9.97 Å². The van der Waals surface area contributed by atoms with Crippen molar-refractivity contribution >= 4 is 17.4 Å². The molecule has 18 heavy (non-hydrogen) atoms. The third-order valence-corrected chi connectivity index (χ3v) is 3.42. The summed E-state index contributed by atoms with van der Waals surface area (Å²) in [5.74, 6) is 6.97. The van der Waals surface area contributed by atoms with Crippen molar-refractivity contribution in [3.8, 4) is 11.4 Å². The number of hydrazine groups is 1. The molecular weight excluding hydrogens is 248 g/mol. The maximum atomic E-state index is 5.88. The molecule has 1 heterocycles. The zero-order valence-corrected chi connectivity index (χ0v) is 10.5. The maximum Gasteiger partial charge on any atom is 0.161 e. The Balaban J connectivity index is 2.10. The molecule has 3 rings (SSSR count). The highest BCUT2D eigenvalue weighted by Crippen LogP contribution is 2.28. The minimum Gasteiger partial charge on any atom is -0.308 e. The van der Waals surface area contributed by atoms with E-state index in [2.05, 4.69) is 15.4 Å². The summed E-state index contributed by atoms with van der Waals surface area (Å²) in [6, 6.07) is 7.50. The third-order valence-electron chi connectivity index (χ3n) is 3.17. The van der Waals surface area contributed by atoms with E-state index in [0.29, 0.717) is 10.8 Å². The van der Waals surface area contributed by atoms with Crippen molar-refractivity contribution in [1.82, 2.24) is 9.97 Å². The molecule has 1 aliphatic carbocycles. The second-order valence-electron chi connectivity index (χ2n) is 4.33. The lowest BCUT2D eigenvalue weighted by molar-refractivity contribution is 0.900. The summed E-state index contributed by atoms with van der Waals surface area (Å²) in [4.78, 5) is 9.08. The van der Waals surface area contributed by atoms with Gasteiger partial charge in [-0.25, -0.2) is 15.8 Å². The topological polar surface area (TPSA) is 63.8 Å². The normalized spacial score (nSPS) is 13.4. The number of nitrogens with two attached hydrogens (primary N) is 1. The van der Waals surface area contributed by atoms with Crippen molar-refractivity contribution in [3.05, 3.63) is 40.5 Å². The molecule has 2 aromatic rings. The Morgan fingerprint density at radius 2 is 1.89 bits per heavy atom. The van der Waals surface area contributed by atoms with Crippen LogP contribution in [0.1, 0.15) is 17.7 Å². The molecule has 1 aliphatic rings. The van der Waals surface area contributed by atoms with Crippen LogP contribution in [0, 0.1) is 0 Å². The van der Waals surface area contributed by atoms with E-state index in [9.17, 15) is 0 Å². The fourth-order valence-electron chi connectivity index (χ4n) is 2.28. The number of halogens is 1. The average molecular weight is 261 g/mol. The standard InChI is InChI=1S/C13H13ClN4/c14-9-6-4-8(5-7-9)12-16-11-3-1-2-10(11)13(17-12)18-15/h4-7H,1-3,15H2,(H,16,17,18). The van der Waals surface area contributed by atoms with Crippen LogP contribution in [0.15, 0.2) is 24.3 Å². The molecule has 0 radical (unpaired) electrons. The van der Waals surface area contributed by atoms with Crippen molar-refractivity contribution < 1.29 is 0 Å². The van der Waals surface area contributed by atoms with E-state index in [4.69, 9.17) is 17.4 Å². The van der Waals surface area contributed by atoms with Gasteiger partial charge in [0.1, 0.15) is 5.82 Å². The first-order chi connectivity index (χ1) is 8.78. The summed E-state index contributed by atoms with van der Waals surface area (Å²) in [5, 5.41) is 0.706. The molecule has 4 nitrogen and oxygen atoms in total. The molecule has 0 unspecified atom stereocenters. The number of anilines is 1. The number of nitrogens with one attached hydrogen (secondary N) is 1. The zero-order valence-electron chi connectivity index (χ0n) is 9.78. The molecule has 0 saturated carbocycles. The average Bonchev–Trinajstić information content (AvgIpc) is 2.86. The Hall–Kier alpha value is -1.65. The third kappa shape index (κ3) is 1.94. The number of hydrogen-bond acceptors (Lipinski definition) is 4. The van der Waals surface area contributed by atoms with E-state index in [-0.39, 0.29) is 0 Å². The van der Waals surface area contributed by atoms with Crippen molar-refractivity contribution in [1.29, 1.82) is 0 Å². The lowest BCUT2D eigenvalue weighted by Gasteiger charge is -2.09. The number of hydrogen-bond donors (Lipinski definition) is 2. The molecule has 0 fully saturated rings. The molecule has 92 valence electrons. The van der Waals surface area contributed by atoms with Gasteiger partial charge in [-0.1, -0.05) is 11.6 Å².